The van der Waals surface area contributed by atoms with Gasteiger partial charge >= 0.3 is 0 Å². The van der Waals surface area contributed by atoms with Crippen molar-refractivity contribution in [3.8, 4) is 5.75 Å². The lowest BCUT2D eigenvalue weighted by Gasteiger charge is -2.20. The Balaban J connectivity index is 3.32. The predicted octanol–water partition coefficient (Wildman–Crippen LogP) is 3.04. The van der Waals surface area contributed by atoms with Gasteiger partial charge in [-0.25, -0.2) is 0 Å². The monoisotopic (exact) mass is 194 g/mol. The van der Waals surface area contributed by atoms with E-state index in [0.717, 1.165) is 11.1 Å². The van der Waals surface area contributed by atoms with E-state index in [2.05, 4.69) is 20.8 Å². The summed E-state index contributed by atoms with van der Waals surface area (Å²) in [6.07, 6.45) is 0. The first-order valence-electron chi connectivity index (χ1n) is 4.24. The first-order valence-corrected chi connectivity index (χ1v) is 4.71. The molecule has 1 aromatic rings. The summed E-state index contributed by atoms with van der Waals surface area (Å²) in [6, 6.07) is 5.66. The van der Waals surface area contributed by atoms with Crippen LogP contribution < -0.4 is 0 Å². The molecule has 70 valence electrons. The summed E-state index contributed by atoms with van der Waals surface area (Å²) >= 11 is 4.80. The molecule has 0 spiro atoms. The zero-order chi connectivity index (χ0) is 10.1. The SMILES string of the molecule is CC(C)(C)c1cccc(C=S)c1O. The molecule has 0 heterocycles. The van der Waals surface area contributed by atoms with Crippen molar-refractivity contribution in [1.82, 2.24) is 0 Å². The molecule has 0 saturated heterocycles. The highest BCUT2D eigenvalue weighted by molar-refractivity contribution is 7.79. The van der Waals surface area contributed by atoms with E-state index in [9.17, 15) is 5.11 Å². The van der Waals surface area contributed by atoms with Gasteiger partial charge in [-0.05, 0) is 11.0 Å². The number of hydrogen-bond acceptors (Lipinski definition) is 2. The summed E-state index contributed by atoms with van der Waals surface area (Å²) in [5.74, 6) is 0.310. The molecule has 0 amide bonds. The molecule has 1 nitrogen and oxygen atoms in total. The highest BCUT2D eigenvalue weighted by Gasteiger charge is 2.18. The van der Waals surface area contributed by atoms with Crippen LogP contribution in [0, 0.1) is 0 Å². The van der Waals surface area contributed by atoms with E-state index in [1.807, 2.05) is 18.2 Å². The zero-order valence-corrected chi connectivity index (χ0v) is 8.98. The fourth-order valence-corrected chi connectivity index (χ4v) is 1.45. The van der Waals surface area contributed by atoms with Crippen LogP contribution in [0.4, 0.5) is 0 Å². The van der Waals surface area contributed by atoms with Gasteiger partial charge in [0.25, 0.3) is 0 Å². The third kappa shape index (κ3) is 2.07. The smallest absolute Gasteiger partial charge is 0.127 e. The lowest BCUT2D eigenvalue weighted by molar-refractivity contribution is 0.446. The highest BCUT2D eigenvalue weighted by atomic mass is 32.1. The normalized spacial score (nSPS) is 11.3. The lowest BCUT2D eigenvalue weighted by Crippen LogP contribution is -2.11. The Morgan fingerprint density at radius 2 is 1.92 bits per heavy atom. The molecular formula is C11H14OS. The van der Waals surface area contributed by atoms with Crippen LogP contribution in [0.3, 0.4) is 0 Å². The number of aromatic hydroxyl groups is 1. The molecule has 0 atom stereocenters. The van der Waals surface area contributed by atoms with Crippen LogP contribution in [0.1, 0.15) is 31.9 Å². The number of thiocarbonyl (C=S) groups is 1. The van der Waals surface area contributed by atoms with Gasteiger partial charge in [0.1, 0.15) is 5.75 Å². The third-order valence-electron chi connectivity index (χ3n) is 2.00. The minimum absolute atomic E-state index is 0.0432. The first-order chi connectivity index (χ1) is 5.96. The van der Waals surface area contributed by atoms with E-state index in [0.29, 0.717) is 5.75 Å². The molecule has 0 aliphatic heterocycles. The summed E-state index contributed by atoms with van der Waals surface area (Å²) in [5.41, 5.74) is 1.62. The maximum absolute atomic E-state index is 9.83. The van der Waals surface area contributed by atoms with Gasteiger partial charge < -0.3 is 5.11 Å². The summed E-state index contributed by atoms with van der Waals surface area (Å²) in [5, 5.41) is 11.3. The number of rotatable bonds is 1. The maximum Gasteiger partial charge on any atom is 0.127 e. The van der Waals surface area contributed by atoms with Crippen molar-refractivity contribution in [1.29, 1.82) is 0 Å². The molecule has 0 aliphatic rings. The second-order valence-electron chi connectivity index (χ2n) is 4.11. The van der Waals surface area contributed by atoms with E-state index >= 15 is 0 Å². The van der Waals surface area contributed by atoms with Crippen LogP contribution in [0.25, 0.3) is 0 Å². The fraction of sp³-hybridized carbons (Fsp3) is 0.364. The van der Waals surface area contributed by atoms with Crippen molar-refractivity contribution in [2.24, 2.45) is 0 Å². The van der Waals surface area contributed by atoms with Gasteiger partial charge in [-0.15, -0.1) is 0 Å². The average Bonchev–Trinajstić information content (AvgIpc) is 2.02. The van der Waals surface area contributed by atoms with Crippen LogP contribution in [0.2, 0.25) is 0 Å². The van der Waals surface area contributed by atoms with Crippen LogP contribution >= 0.6 is 12.2 Å². The van der Waals surface area contributed by atoms with Crippen molar-refractivity contribution in [3.05, 3.63) is 29.3 Å². The quantitative estimate of drug-likeness (QED) is 0.693. The van der Waals surface area contributed by atoms with Crippen LogP contribution in [0.15, 0.2) is 18.2 Å². The first kappa shape index (κ1) is 10.2. The van der Waals surface area contributed by atoms with Crippen LogP contribution in [-0.4, -0.2) is 10.5 Å². The van der Waals surface area contributed by atoms with E-state index in [1.54, 1.807) is 0 Å². The van der Waals surface area contributed by atoms with Crippen LogP contribution in [-0.2, 0) is 5.41 Å². The summed E-state index contributed by atoms with van der Waals surface area (Å²) in [6.45, 7) is 6.19. The van der Waals surface area contributed by atoms with Gasteiger partial charge in [0, 0.05) is 10.9 Å². The molecular weight excluding hydrogens is 180 g/mol. The van der Waals surface area contributed by atoms with Gasteiger partial charge in [-0.3, -0.25) is 0 Å². The topological polar surface area (TPSA) is 20.2 Å². The van der Waals surface area contributed by atoms with E-state index in [4.69, 9.17) is 12.2 Å². The van der Waals surface area contributed by atoms with Crippen molar-refractivity contribution < 1.29 is 5.11 Å². The fourth-order valence-electron chi connectivity index (χ4n) is 1.26. The molecule has 0 fully saturated rings. The van der Waals surface area contributed by atoms with E-state index in [1.165, 1.54) is 5.37 Å². The molecule has 1 aromatic carbocycles. The standard InChI is InChI=1S/C11H14OS/c1-11(2,3)9-6-4-5-8(7-13)10(9)12/h4-7,12H,1-3H3. The Morgan fingerprint density at radius 1 is 1.31 bits per heavy atom. The lowest BCUT2D eigenvalue weighted by atomic mass is 9.85. The van der Waals surface area contributed by atoms with Gasteiger partial charge in [-0.2, -0.15) is 0 Å². The molecule has 0 bridgehead atoms. The average molecular weight is 194 g/mol. The molecule has 0 unspecified atom stereocenters. The molecule has 2 heteroatoms. The molecule has 0 aromatic heterocycles. The second kappa shape index (κ2) is 3.46. The molecule has 0 radical (unpaired) electrons. The Bertz CT molecular complexity index is 323. The minimum atomic E-state index is -0.0432. The Hall–Kier alpha value is -0.890. The molecule has 0 aliphatic carbocycles. The molecule has 0 saturated carbocycles. The third-order valence-corrected chi connectivity index (χ3v) is 2.26. The number of phenols is 1. The Kier molecular flexibility index (Phi) is 2.71. The number of para-hydroxylation sites is 1. The predicted molar refractivity (Wildman–Crippen MR) is 59.6 cm³/mol. The van der Waals surface area contributed by atoms with E-state index < -0.39 is 0 Å². The van der Waals surface area contributed by atoms with Gasteiger partial charge in [0.2, 0.25) is 0 Å². The second-order valence-corrected chi connectivity index (χ2v) is 4.35. The van der Waals surface area contributed by atoms with Crippen LogP contribution in [0.5, 0.6) is 5.75 Å². The van der Waals surface area contributed by atoms with Gasteiger partial charge in [-0.1, -0.05) is 51.2 Å². The van der Waals surface area contributed by atoms with Crippen molar-refractivity contribution in [2.75, 3.05) is 0 Å². The van der Waals surface area contributed by atoms with Crippen molar-refractivity contribution in [3.63, 3.8) is 0 Å². The van der Waals surface area contributed by atoms with Crippen molar-refractivity contribution in [2.45, 2.75) is 26.2 Å². The Labute approximate surface area is 84.4 Å². The largest absolute Gasteiger partial charge is 0.507 e. The van der Waals surface area contributed by atoms with E-state index in [-0.39, 0.29) is 5.41 Å². The number of hydrogen-bond donors (Lipinski definition) is 1. The number of benzene rings is 1. The van der Waals surface area contributed by atoms with Gasteiger partial charge in [0.15, 0.2) is 0 Å². The number of phenolic OH excluding ortho intramolecular Hbond substituents is 1. The summed E-state index contributed by atoms with van der Waals surface area (Å²) in [7, 11) is 0. The maximum atomic E-state index is 9.83. The zero-order valence-electron chi connectivity index (χ0n) is 8.16. The molecule has 1 N–H and O–H groups in total. The van der Waals surface area contributed by atoms with Gasteiger partial charge in [0.05, 0.1) is 0 Å². The minimum Gasteiger partial charge on any atom is -0.507 e. The molecule has 13 heavy (non-hydrogen) atoms. The Morgan fingerprint density at radius 3 is 2.38 bits per heavy atom. The highest BCUT2D eigenvalue weighted by Crippen LogP contribution is 2.32. The molecule has 1 rings (SSSR count). The summed E-state index contributed by atoms with van der Waals surface area (Å²) < 4.78 is 0. The summed E-state index contributed by atoms with van der Waals surface area (Å²) in [4.78, 5) is 0. The van der Waals surface area contributed by atoms with Crippen molar-refractivity contribution >= 4 is 17.6 Å².